The lowest BCUT2D eigenvalue weighted by molar-refractivity contribution is 0.482. The Morgan fingerprint density at radius 2 is 1.69 bits per heavy atom. The Labute approximate surface area is 152 Å². The van der Waals surface area contributed by atoms with Crippen LogP contribution in [-0.2, 0) is 7.05 Å². The van der Waals surface area contributed by atoms with Crippen molar-refractivity contribution >= 4 is 0 Å². The molecule has 0 aliphatic rings. The van der Waals surface area contributed by atoms with Crippen LogP contribution >= 0.6 is 0 Å². The van der Waals surface area contributed by atoms with Gasteiger partial charge in [0.15, 0.2) is 0 Å². The second kappa shape index (κ2) is 6.52. The molecule has 0 saturated carbocycles. The maximum Gasteiger partial charge on any atom is 0.139 e. The monoisotopic (exact) mass is 344 g/mol. The Bertz CT molecular complexity index is 1060. The van der Waals surface area contributed by atoms with Crippen LogP contribution < -0.4 is 4.74 Å². The summed E-state index contributed by atoms with van der Waals surface area (Å²) >= 11 is 0. The van der Waals surface area contributed by atoms with Gasteiger partial charge in [0.2, 0.25) is 0 Å². The summed E-state index contributed by atoms with van der Waals surface area (Å²) in [7, 11) is 1.98. The topological polar surface area (TPSA) is 44.9 Å². The molecule has 5 nitrogen and oxygen atoms in total. The Balaban J connectivity index is 1.63. The fourth-order valence-corrected chi connectivity index (χ4v) is 3.05. The molecular formula is C21H20N4O. The lowest BCUT2D eigenvalue weighted by Crippen LogP contribution is -1.99. The summed E-state index contributed by atoms with van der Waals surface area (Å²) in [5.74, 6) is 2.45. The first kappa shape index (κ1) is 16.1. The fourth-order valence-electron chi connectivity index (χ4n) is 3.05. The lowest BCUT2D eigenvalue weighted by atomic mass is 10.2. The Morgan fingerprint density at radius 3 is 2.38 bits per heavy atom. The minimum Gasteiger partial charge on any atom is -0.457 e. The smallest absolute Gasteiger partial charge is 0.139 e. The molecule has 0 amide bonds. The minimum atomic E-state index is 0.770. The van der Waals surface area contributed by atoms with Crippen molar-refractivity contribution in [1.82, 2.24) is 19.3 Å². The molecule has 0 unspecified atom stereocenters. The van der Waals surface area contributed by atoms with Gasteiger partial charge in [-0.3, -0.25) is 0 Å². The molecule has 0 bridgehead atoms. The molecule has 2 aromatic heterocycles. The molecule has 2 heterocycles. The highest BCUT2D eigenvalue weighted by molar-refractivity contribution is 5.58. The molecule has 0 aliphatic heterocycles. The third-order valence-electron chi connectivity index (χ3n) is 4.22. The van der Waals surface area contributed by atoms with Crippen LogP contribution in [0.2, 0.25) is 0 Å². The fraction of sp³-hybridized carbons (Fsp3) is 0.143. The van der Waals surface area contributed by atoms with Gasteiger partial charge in [-0.05, 0) is 44.2 Å². The summed E-state index contributed by atoms with van der Waals surface area (Å²) in [5, 5.41) is 4.54. The van der Waals surface area contributed by atoms with Gasteiger partial charge in [0.1, 0.15) is 17.3 Å². The average molecular weight is 344 g/mol. The van der Waals surface area contributed by atoms with Crippen LogP contribution in [0.15, 0.2) is 67.0 Å². The van der Waals surface area contributed by atoms with E-state index in [-0.39, 0.29) is 0 Å². The molecule has 0 N–H and O–H groups in total. The minimum absolute atomic E-state index is 0.770. The highest BCUT2D eigenvalue weighted by atomic mass is 16.5. The van der Waals surface area contributed by atoms with Gasteiger partial charge in [-0.25, -0.2) is 9.67 Å². The summed E-state index contributed by atoms with van der Waals surface area (Å²) in [6, 6.07) is 18.0. The number of aryl methyl sites for hydroxylation is 3. The van der Waals surface area contributed by atoms with Crippen LogP contribution in [0, 0.1) is 13.8 Å². The first-order chi connectivity index (χ1) is 12.6. The van der Waals surface area contributed by atoms with Crippen LogP contribution in [0.5, 0.6) is 11.5 Å². The van der Waals surface area contributed by atoms with Crippen molar-refractivity contribution in [3.05, 3.63) is 78.4 Å². The SMILES string of the molecule is Cc1cc(C)n(-c2cccc(Oc3cccc(-c4nccn4C)c3)c2)n1. The lowest BCUT2D eigenvalue weighted by Gasteiger charge is -2.10. The summed E-state index contributed by atoms with van der Waals surface area (Å²) in [4.78, 5) is 4.40. The normalized spacial score (nSPS) is 10.9. The maximum atomic E-state index is 6.09. The summed E-state index contributed by atoms with van der Waals surface area (Å²) in [5.41, 5.74) is 4.09. The Morgan fingerprint density at radius 1 is 0.923 bits per heavy atom. The van der Waals surface area contributed by atoms with E-state index in [1.165, 1.54) is 0 Å². The molecule has 0 aliphatic carbocycles. The van der Waals surface area contributed by atoms with Crippen LogP contribution in [0.4, 0.5) is 0 Å². The molecule has 0 atom stereocenters. The number of hydrogen-bond donors (Lipinski definition) is 0. The van der Waals surface area contributed by atoms with Crippen molar-refractivity contribution in [1.29, 1.82) is 0 Å². The first-order valence-electron chi connectivity index (χ1n) is 8.49. The molecular weight excluding hydrogens is 324 g/mol. The molecule has 0 fully saturated rings. The van der Waals surface area contributed by atoms with Crippen molar-refractivity contribution in [2.24, 2.45) is 7.05 Å². The predicted molar refractivity (Wildman–Crippen MR) is 102 cm³/mol. The van der Waals surface area contributed by atoms with Crippen molar-refractivity contribution < 1.29 is 4.74 Å². The van der Waals surface area contributed by atoms with Gasteiger partial charge >= 0.3 is 0 Å². The first-order valence-corrected chi connectivity index (χ1v) is 8.49. The zero-order valence-electron chi connectivity index (χ0n) is 15.0. The van der Waals surface area contributed by atoms with Crippen molar-refractivity contribution in [3.63, 3.8) is 0 Å². The van der Waals surface area contributed by atoms with Gasteiger partial charge in [-0.15, -0.1) is 0 Å². The van der Waals surface area contributed by atoms with Gasteiger partial charge in [-0.2, -0.15) is 5.10 Å². The third-order valence-corrected chi connectivity index (χ3v) is 4.22. The zero-order chi connectivity index (χ0) is 18.1. The number of benzene rings is 2. The summed E-state index contributed by atoms with van der Waals surface area (Å²) in [6.45, 7) is 4.04. The van der Waals surface area contributed by atoms with E-state index in [4.69, 9.17) is 4.74 Å². The van der Waals surface area contributed by atoms with Gasteiger partial charge in [0.25, 0.3) is 0 Å². The average Bonchev–Trinajstić information content (AvgIpc) is 3.20. The predicted octanol–water partition coefficient (Wildman–Crippen LogP) is 4.68. The van der Waals surface area contributed by atoms with E-state index in [0.717, 1.165) is 40.0 Å². The van der Waals surface area contributed by atoms with E-state index in [0.29, 0.717) is 0 Å². The molecule has 4 aromatic rings. The van der Waals surface area contributed by atoms with Crippen LogP contribution in [0.1, 0.15) is 11.4 Å². The number of aromatic nitrogens is 4. The van der Waals surface area contributed by atoms with Gasteiger partial charge in [0, 0.05) is 36.8 Å². The van der Waals surface area contributed by atoms with Crippen molar-refractivity contribution in [2.45, 2.75) is 13.8 Å². The van der Waals surface area contributed by atoms with E-state index >= 15 is 0 Å². The molecule has 26 heavy (non-hydrogen) atoms. The Hall–Kier alpha value is -3.34. The molecule has 130 valence electrons. The number of imidazole rings is 1. The van der Waals surface area contributed by atoms with E-state index in [2.05, 4.69) is 16.1 Å². The standard InChI is InChI=1S/C21H20N4O/c1-15-12-16(2)25(23-15)18-7-5-9-20(14-18)26-19-8-4-6-17(13-19)21-22-10-11-24(21)3/h4-14H,1-3H3. The summed E-state index contributed by atoms with van der Waals surface area (Å²) in [6.07, 6.45) is 3.72. The molecule has 4 rings (SSSR count). The number of hydrogen-bond acceptors (Lipinski definition) is 3. The van der Waals surface area contributed by atoms with E-state index in [1.54, 1.807) is 6.20 Å². The van der Waals surface area contributed by atoms with Crippen LogP contribution in [0.3, 0.4) is 0 Å². The van der Waals surface area contributed by atoms with Gasteiger partial charge < -0.3 is 9.30 Å². The van der Waals surface area contributed by atoms with Gasteiger partial charge in [-0.1, -0.05) is 18.2 Å². The van der Waals surface area contributed by atoms with Gasteiger partial charge in [0.05, 0.1) is 11.4 Å². The van der Waals surface area contributed by atoms with Crippen molar-refractivity contribution in [3.8, 4) is 28.6 Å². The van der Waals surface area contributed by atoms with Crippen LogP contribution in [0.25, 0.3) is 17.1 Å². The number of rotatable bonds is 4. The largest absolute Gasteiger partial charge is 0.457 e. The van der Waals surface area contributed by atoms with Crippen LogP contribution in [-0.4, -0.2) is 19.3 Å². The van der Waals surface area contributed by atoms with E-state index in [1.807, 2.05) is 84.9 Å². The molecule has 2 aromatic carbocycles. The van der Waals surface area contributed by atoms with E-state index in [9.17, 15) is 0 Å². The highest BCUT2D eigenvalue weighted by Crippen LogP contribution is 2.27. The Kier molecular flexibility index (Phi) is 4.05. The molecule has 5 heteroatoms. The second-order valence-electron chi connectivity index (χ2n) is 6.33. The molecule has 0 spiro atoms. The quantitative estimate of drug-likeness (QED) is 0.540. The van der Waals surface area contributed by atoms with Crippen molar-refractivity contribution in [2.75, 3.05) is 0 Å². The molecule has 0 saturated heterocycles. The third kappa shape index (κ3) is 3.11. The maximum absolute atomic E-state index is 6.09. The number of ether oxygens (including phenoxy) is 1. The number of nitrogens with zero attached hydrogens (tertiary/aromatic N) is 4. The summed E-state index contributed by atoms with van der Waals surface area (Å²) < 4.78 is 10.00. The molecule has 0 radical (unpaired) electrons. The van der Waals surface area contributed by atoms with E-state index < -0.39 is 0 Å². The zero-order valence-corrected chi connectivity index (χ0v) is 15.0. The second-order valence-corrected chi connectivity index (χ2v) is 6.33. The highest BCUT2D eigenvalue weighted by Gasteiger charge is 2.08.